The predicted octanol–water partition coefficient (Wildman–Crippen LogP) is 1.39. The van der Waals surface area contributed by atoms with E-state index in [0.717, 1.165) is 6.42 Å². The summed E-state index contributed by atoms with van der Waals surface area (Å²) in [4.78, 5) is 29.1. The molecule has 0 spiro atoms. The van der Waals surface area contributed by atoms with Crippen LogP contribution in [0, 0.1) is 11.7 Å². The van der Waals surface area contributed by atoms with Crippen LogP contribution in [0.3, 0.4) is 0 Å². The molecule has 2 aromatic rings. The molecule has 2 aliphatic rings. The number of hydrogen-bond acceptors (Lipinski definition) is 8. The maximum Gasteiger partial charge on any atom is 0.283 e. The van der Waals surface area contributed by atoms with E-state index in [-0.39, 0.29) is 41.6 Å². The number of aliphatic imine (C=N–C) groups is 1. The molecule has 0 amide bonds. The number of nitrogens with two attached hydrogens (primary N) is 1. The van der Waals surface area contributed by atoms with E-state index in [2.05, 4.69) is 19.9 Å². The van der Waals surface area contributed by atoms with Crippen LogP contribution in [0.4, 0.5) is 4.39 Å². The van der Waals surface area contributed by atoms with Gasteiger partial charge in [-0.1, -0.05) is 0 Å². The molecule has 0 aromatic carbocycles. The van der Waals surface area contributed by atoms with E-state index in [1.165, 1.54) is 31.6 Å². The zero-order valence-corrected chi connectivity index (χ0v) is 14.8. The number of amidine groups is 1. The molecule has 1 aliphatic heterocycles. The molecule has 0 unspecified atom stereocenters. The lowest BCUT2D eigenvalue weighted by molar-refractivity contribution is 0.0986. The Bertz CT molecular complexity index is 933. The summed E-state index contributed by atoms with van der Waals surface area (Å²) < 4.78 is 24.8. The van der Waals surface area contributed by atoms with Gasteiger partial charge in [-0.15, -0.1) is 0 Å². The first-order chi connectivity index (χ1) is 12.9. The Morgan fingerprint density at radius 2 is 2.22 bits per heavy atom. The van der Waals surface area contributed by atoms with Crippen molar-refractivity contribution in [1.82, 2.24) is 15.0 Å². The van der Waals surface area contributed by atoms with Crippen molar-refractivity contribution in [3.8, 4) is 5.88 Å². The fraction of sp³-hybridized carbons (Fsp3) is 0.389. The number of fused-ring (bicyclic) bond motifs is 1. The highest BCUT2D eigenvalue weighted by molar-refractivity contribution is 5.95. The molecule has 2 N–H and O–H groups in total. The van der Waals surface area contributed by atoms with Gasteiger partial charge in [-0.3, -0.25) is 9.78 Å². The number of nitrogens with zero attached hydrogens (tertiary/aromatic N) is 4. The van der Waals surface area contributed by atoms with Crippen LogP contribution in [0.1, 0.15) is 35.2 Å². The van der Waals surface area contributed by atoms with Crippen LogP contribution < -0.4 is 10.5 Å². The molecule has 3 atom stereocenters. The Labute approximate surface area is 154 Å². The monoisotopic (exact) mass is 371 g/mol. The number of hydrogen-bond donors (Lipinski definition) is 1. The average molecular weight is 371 g/mol. The smallest absolute Gasteiger partial charge is 0.283 e. The first-order valence-corrected chi connectivity index (χ1v) is 8.48. The van der Waals surface area contributed by atoms with Crippen molar-refractivity contribution >= 4 is 11.8 Å². The van der Waals surface area contributed by atoms with Crippen LogP contribution in [0.5, 0.6) is 5.88 Å². The van der Waals surface area contributed by atoms with Crippen LogP contribution >= 0.6 is 0 Å². The van der Waals surface area contributed by atoms with Gasteiger partial charge in [-0.2, -0.15) is 0 Å². The third-order valence-corrected chi connectivity index (χ3v) is 4.92. The first-order valence-electron chi connectivity index (χ1n) is 8.48. The number of aromatic nitrogens is 3. The summed E-state index contributed by atoms with van der Waals surface area (Å²) in [6, 6.07) is 2.81. The van der Waals surface area contributed by atoms with E-state index in [4.69, 9.17) is 15.2 Å². The van der Waals surface area contributed by atoms with Crippen LogP contribution in [-0.2, 0) is 16.7 Å². The second kappa shape index (κ2) is 6.26. The van der Waals surface area contributed by atoms with E-state index in [0.29, 0.717) is 11.6 Å². The van der Waals surface area contributed by atoms with Gasteiger partial charge in [0.25, 0.3) is 6.02 Å². The molecule has 140 valence electrons. The second-order valence-electron chi connectivity index (χ2n) is 6.77. The van der Waals surface area contributed by atoms with E-state index in [9.17, 15) is 9.18 Å². The molecule has 4 rings (SSSR count). The zero-order valence-electron chi connectivity index (χ0n) is 14.8. The van der Waals surface area contributed by atoms with E-state index in [1.54, 1.807) is 6.92 Å². The van der Waals surface area contributed by atoms with Crippen molar-refractivity contribution < 1.29 is 18.7 Å². The molecule has 2 aromatic heterocycles. The van der Waals surface area contributed by atoms with E-state index in [1.807, 2.05) is 0 Å². The Morgan fingerprint density at radius 3 is 2.93 bits per heavy atom. The lowest BCUT2D eigenvalue weighted by Gasteiger charge is -2.29. The lowest BCUT2D eigenvalue weighted by Crippen LogP contribution is -2.36. The minimum atomic E-state index is -0.907. The molecular weight excluding hydrogens is 353 g/mol. The van der Waals surface area contributed by atoms with Gasteiger partial charge < -0.3 is 15.2 Å². The van der Waals surface area contributed by atoms with Crippen molar-refractivity contribution in [1.29, 1.82) is 0 Å². The van der Waals surface area contributed by atoms with Gasteiger partial charge in [-0.25, -0.2) is 19.4 Å². The molecular formula is C18H18FN5O3. The Morgan fingerprint density at radius 1 is 1.41 bits per heavy atom. The summed E-state index contributed by atoms with van der Waals surface area (Å²) in [6.07, 6.45) is 3.35. The lowest BCUT2D eigenvalue weighted by atomic mass is 9.90. The number of ketones is 1. The molecule has 1 aliphatic carbocycles. The first kappa shape index (κ1) is 17.3. The molecule has 0 bridgehead atoms. The van der Waals surface area contributed by atoms with Gasteiger partial charge in [0.2, 0.25) is 5.88 Å². The maximum atomic E-state index is 14.5. The fourth-order valence-electron chi connectivity index (χ4n) is 3.37. The Hall–Kier alpha value is -3.10. The van der Waals surface area contributed by atoms with Gasteiger partial charge in [0, 0.05) is 11.6 Å². The summed E-state index contributed by atoms with van der Waals surface area (Å²) in [5.41, 5.74) is 5.61. The number of pyridine rings is 1. The standard InChI is InChI=1S/C18H18FN5O3/c1-18(10-6-14(10)27-17(20)24-18)16-11(19)4-3-9(23-16)5-13(25)12-7-22-15(26-2)8-21-12/h3-4,7-8,10,14H,5-6H2,1-2H3,(H2,20,24)/t10-,14+,18-/m1/s1. The molecule has 9 heteroatoms. The third-order valence-electron chi connectivity index (χ3n) is 4.92. The molecule has 8 nitrogen and oxygen atoms in total. The molecule has 1 saturated carbocycles. The topological polar surface area (TPSA) is 113 Å². The van der Waals surface area contributed by atoms with Gasteiger partial charge in [0.1, 0.15) is 28.8 Å². The largest absolute Gasteiger partial charge is 0.480 e. The number of Topliss-reactive ketones (excluding diaryl/α,β-unsaturated/α-hetero) is 1. The van der Waals surface area contributed by atoms with Crippen LogP contribution in [0.25, 0.3) is 0 Å². The fourth-order valence-corrected chi connectivity index (χ4v) is 3.37. The predicted molar refractivity (Wildman–Crippen MR) is 92.8 cm³/mol. The molecule has 3 heterocycles. The summed E-state index contributed by atoms with van der Waals surface area (Å²) >= 11 is 0. The molecule has 1 fully saturated rings. The average Bonchev–Trinajstić information content (AvgIpc) is 3.43. The van der Waals surface area contributed by atoms with E-state index < -0.39 is 11.4 Å². The van der Waals surface area contributed by atoms with Gasteiger partial charge in [-0.05, 0) is 25.5 Å². The van der Waals surface area contributed by atoms with Crippen molar-refractivity contribution in [2.45, 2.75) is 31.4 Å². The SMILES string of the molecule is COc1cnc(C(=O)Cc2ccc(F)c([C@]3(C)N=C(N)O[C@H]4C[C@H]43)n2)cn1. The Balaban J connectivity index is 1.61. The third kappa shape index (κ3) is 3.09. The quantitative estimate of drug-likeness (QED) is 0.790. The maximum absolute atomic E-state index is 14.5. The van der Waals surface area contributed by atoms with Crippen LogP contribution in [0.15, 0.2) is 29.5 Å². The highest BCUT2D eigenvalue weighted by Gasteiger charge is 2.58. The normalized spacial score (nSPS) is 25.8. The number of rotatable bonds is 5. The molecule has 27 heavy (non-hydrogen) atoms. The second-order valence-corrected chi connectivity index (χ2v) is 6.77. The van der Waals surface area contributed by atoms with Crippen LogP contribution in [-0.4, -0.2) is 40.0 Å². The highest BCUT2D eigenvalue weighted by atomic mass is 19.1. The summed E-state index contributed by atoms with van der Waals surface area (Å²) in [5.74, 6) is -0.428. The van der Waals surface area contributed by atoms with Crippen molar-refractivity contribution in [2.24, 2.45) is 16.6 Å². The van der Waals surface area contributed by atoms with Gasteiger partial charge in [0.15, 0.2) is 5.78 Å². The minimum absolute atomic E-state index is 0.0187. The summed E-state index contributed by atoms with van der Waals surface area (Å²) in [6.45, 7) is 1.79. The van der Waals surface area contributed by atoms with Gasteiger partial charge >= 0.3 is 0 Å². The summed E-state index contributed by atoms with van der Waals surface area (Å²) in [7, 11) is 1.46. The zero-order chi connectivity index (χ0) is 19.2. The van der Waals surface area contributed by atoms with Crippen molar-refractivity contribution in [3.63, 3.8) is 0 Å². The van der Waals surface area contributed by atoms with E-state index >= 15 is 0 Å². The Kier molecular flexibility index (Phi) is 4.01. The van der Waals surface area contributed by atoms with Crippen molar-refractivity contribution in [2.75, 3.05) is 7.11 Å². The number of methoxy groups -OCH3 is 1. The molecule has 0 saturated heterocycles. The summed E-state index contributed by atoms with van der Waals surface area (Å²) in [5, 5.41) is 0. The number of halogens is 1. The van der Waals surface area contributed by atoms with Gasteiger partial charge in [0.05, 0.1) is 25.9 Å². The van der Waals surface area contributed by atoms with Crippen molar-refractivity contribution in [3.05, 3.63) is 47.4 Å². The van der Waals surface area contributed by atoms with Crippen LogP contribution in [0.2, 0.25) is 0 Å². The number of carbonyl (C=O) groups is 1. The molecule has 0 radical (unpaired) electrons. The highest BCUT2D eigenvalue weighted by Crippen LogP contribution is 2.52. The number of carbonyl (C=O) groups excluding carboxylic acids is 1. The number of ether oxygens (including phenoxy) is 2. The minimum Gasteiger partial charge on any atom is -0.480 e.